The van der Waals surface area contributed by atoms with Gasteiger partial charge in [0.05, 0.1) is 23.3 Å². The molecule has 0 aliphatic carbocycles. The number of nitrogens with one attached hydrogen (secondary N) is 1. The van der Waals surface area contributed by atoms with Gasteiger partial charge in [0, 0.05) is 17.8 Å². The fourth-order valence-corrected chi connectivity index (χ4v) is 2.91. The van der Waals surface area contributed by atoms with E-state index in [1.807, 2.05) is 0 Å². The number of amides is 1. The SMILES string of the molecule is CC(C)(C)NC(=O)c1cc(-c2ccccn2)n(-c2ccc(OS(=O)(=O)C(F)(F)F)nc2)n1. The van der Waals surface area contributed by atoms with E-state index in [-0.39, 0.29) is 11.4 Å². The van der Waals surface area contributed by atoms with Gasteiger partial charge in [-0.1, -0.05) is 6.07 Å². The van der Waals surface area contributed by atoms with Gasteiger partial charge in [0.2, 0.25) is 5.88 Å². The minimum atomic E-state index is -5.85. The minimum absolute atomic E-state index is 0.0700. The van der Waals surface area contributed by atoms with Crippen LogP contribution in [0.3, 0.4) is 0 Å². The molecule has 0 bridgehead atoms. The number of hydrogen-bond acceptors (Lipinski definition) is 7. The maximum atomic E-state index is 12.6. The van der Waals surface area contributed by atoms with E-state index >= 15 is 0 Å². The third-order valence-electron chi connectivity index (χ3n) is 3.80. The van der Waals surface area contributed by atoms with Gasteiger partial charge in [0.1, 0.15) is 0 Å². The van der Waals surface area contributed by atoms with Crippen LogP contribution in [0.15, 0.2) is 48.8 Å². The molecule has 0 spiro atoms. The summed E-state index contributed by atoms with van der Waals surface area (Å²) in [6.45, 7) is 5.41. The van der Waals surface area contributed by atoms with Crippen LogP contribution < -0.4 is 9.50 Å². The van der Waals surface area contributed by atoms with Crippen molar-refractivity contribution in [3.63, 3.8) is 0 Å². The molecule has 0 saturated carbocycles. The Kier molecular flexibility index (Phi) is 5.96. The Morgan fingerprint density at radius 3 is 2.34 bits per heavy atom. The van der Waals surface area contributed by atoms with Crippen LogP contribution in [0.4, 0.5) is 13.2 Å². The van der Waals surface area contributed by atoms with Crippen molar-refractivity contribution >= 4 is 16.0 Å². The third-order valence-corrected chi connectivity index (χ3v) is 4.76. The van der Waals surface area contributed by atoms with Gasteiger partial charge in [-0.2, -0.15) is 26.7 Å². The van der Waals surface area contributed by atoms with Gasteiger partial charge in [-0.05, 0) is 45.0 Å². The van der Waals surface area contributed by atoms with Crippen LogP contribution in [0.1, 0.15) is 31.3 Å². The highest BCUT2D eigenvalue weighted by atomic mass is 32.2. The highest BCUT2D eigenvalue weighted by Crippen LogP contribution is 2.27. The summed E-state index contributed by atoms with van der Waals surface area (Å²) in [4.78, 5) is 20.4. The van der Waals surface area contributed by atoms with Crippen molar-refractivity contribution in [1.82, 2.24) is 25.1 Å². The van der Waals surface area contributed by atoms with Gasteiger partial charge in [-0.25, -0.2) is 9.67 Å². The average Bonchev–Trinajstić information content (AvgIpc) is 3.12. The number of nitrogens with zero attached hydrogens (tertiary/aromatic N) is 4. The number of carbonyl (C=O) groups excluding carboxylic acids is 1. The van der Waals surface area contributed by atoms with Crippen molar-refractivity contribution in [2.24, 2.45) is 0 Å². The number of pyridine rings is 2. The summed E-state index contributed by atoms with van der Waals surface area (Å²) in [5.41, 5.74) is -4.93. The maximum Gasteiger partial charge on any atom is 0.534 e. The zero-order valence-corrected chi connectivity index (χ0v) is 17.9. The standard InChI is InChI=1S/C19H18F3N5O4S/c1-18(2,3)25-17(28)14-10-15(13-6-4-5-9-23-13)27(26-14)12-7-8-16(24-11-12)31-32(29,30)19(20,21)22/h4-11H,1-3H3,(H,25,28). The van der Waals surface area contributed by atoms with Crippen LogP contribution in [0.5, 0.6) is 5.88 Å². The first-order valence-electron chi connectivity index (χ1n) is 9.08. The van der Waals surface area contributed by atoms with Crippen LogP contribution >= 0.6 is 0 Å². The summed E-state index contributed by atoms with van der Waals surface area (Å²) in [7, 11) is -5.85. The largest absolute Gasteiger partial charge is 0.534 e. The van der Waals surface area contributed by atoms with E-state index in [1.165, 1.54) is 16.8 Å². The van der Waals surface area contributed by atoms with Crippen molar-refractivity contribution in [3.05, 3.63) is 54.5 Å². The first-order valence-corrected chi connectivity index (χ1v) is 10.5. The van der Waals surface area contributed by atoms with Crippen molar-refractivity contribution in [2.45, 2.75) is 31.8 Å². The lowest BCUT2D eigenvalue weighted by Gasteiger charge is -2.19. The number of aromatic nitrogens is 4. The summed E-state index contributed by atoms with van der Waals surface area (Å²) in [5.74, 6) is -1.22. The quantitative estimate of drug-likeness (QED) is 0.451. The van der Waals surface area contributed by atoms with Gasteiger partial charge >= 0.3 is 15.6 Å². The topological polar surface area (TPSA) is 116 Å². The molecule has 3 aromatic heterocycles. The van der Waals surface area contributed by atoms with Crippen molar-refractivity contribution < 1.29 is 30.6 Å². The molecule has 170 valence electrons. The summed E-state index contributed by atoms with van der Waals surface area (Å²) in [6.07, 6.45) is 2.60. The smallest absolute Gasteiger partial charge is 0.355 e. The average molecular weight is 469 g/mol. The van der Waals surface area contributed by atoms with E-state index in [4.69, 9.17) is 0 Å². The summed E-state index contributed by atoms with van der Waals surface area (Å²) in [5, 5.41) is 7.05. The molecule has 3 aromatic rings. The second-order valence-corrected chi connectivity index (χ2v) is 9.12. The van der Waals surface area contributed by atoms with Crippen molar-refractivity contribution in [3.8, 4) is 23.0 Å². The fraction of sp³-hybridized carbons (Fsp3) is 0.263. The molecule has 32 heavy (non-hydrogen) atoms. The first-order chi connectivity index (χ1) is 14.8. The molecule has 1 N–H and O–H groups in total. The van der Waals surface area contributed by atoms with Gasteiger partial charge in [0.25, 0.3) is 5.91 Å². The highest BCUT2D eigenvalue weighted by molar-refractivity contribution is 7.87. The van der Waals surface area contributed by atoms with Crippen molar-refractivity contribution in [2.75, 3.05) is 0 Å². The molecule has 0 atom stereocenters. The number of carbonyl (C=O) groups is 1. The monoisotopic (exact) mass is 469 g/mol. The second-order valence-electron chi connectivity index (χ2n) is 7.58. The molecule has 0 aliphatic rings. The van der Waals surface area contributed by atoms with Gasteiger partial charge < -0.3 is 9.50 Å². The zero-order chi connectivity index (χ0) is 23.7. The van der Waals surface area contributed by atoms with Crippen LogP contribution in [-0.4, -0.2) is 45.1 Å². The van der Waals surface area contributed by atoms with E-state index < -0.39 is 33.0 Å². The van der Waals surface area contributed by atoms with Crippen LogP contribution in [0.25, 0.3) is 17.1 Å². The number of hydrogen-bond donors (Lipinski definition) is 1. The Labute approximate surface area is 181 Å². The minimum Gasteiger partial charge on any atom is -0.355 e. The predicted octanol–water partition coefficient (Wildman–Crippen LogP) is 3.09. The van der Waals surface area contributed by atoms with Gasteiger partial charge in [-0.15, -0.1) is 0 Å². The molecule has 0 aromatic carbocycles. The normalized spacial score (nSPS) is 12.4. The lowest BCUT2D eigenvalue weighted by atomic mass is 10.1. The molecule has 9 nitrogen and oxygen atoms in total. The molecule has 0 radical (unpaired) electrons. The summed E-state index contributed by atoms with van der Waals surface area (Å²) < 4.78 is 65.1. The molecule has 0 unspecified atom stereocenters. The molecular formula is C19H18F3N5O4S. The lowest BCUT2D eigenvalue weighted by molar-refractivity contribution is -0.0501. The molecular weight excluding hydrogens is 451 g/mol. The fourth-order valence-electron chi connectivity index (χ4n) is 2.50. The Bertz CT molecular complexity index is 1220. The van der Waals surface area contributed by atoms with E-state index in [2.05, 4.69) is 24.6 Å². The van der Waals surface area contributed by atoms with E-state index in [0.29, 0.717) is 11.4 Å². The Morgan fingerprint density at radius 1 is 1.09 bits per heavy atom. The molecule has 3 heterocycles. The Hall–Kier alpha value is -3.48. The van der Waals surface area contributed by atoms with Crippen LogP contribution in [0.2, 0.25) is 0 Å². The van der Waals surface area contributed by atoms with E-state index in [9.17, 15) is 26.4 Å². The molecule has 1 amide bonds. The van der Waals surface area contributed by atoms with Gasteiger partial charge in [0.15, 0.2) is 5.69 Å². The molecule has 0 saturated heterocycles. The number of halogens is 3. The molecule has 0 aliphatic heterocycles. The van der Waals surface area contributed by atoms with Gasteiger partial charge in [-0.3, -0.25) is 9.78 Å². The number of rotatable bonds is 5. The third kappa shape index (κ3) is 5.22. The second kappa shape index (κ2) is 8.22. The van der Waals surface area contributed by atoms with E-state index in [1.54, 1.807) is 45.2 Å². The lowest BCUT2D eigenvalue weighted by Crippen LogP contribution is -2.40. The molecule has 13 heteroatoms. The van der Waals surface area contributed by atoms with Crippen molar-refractivity contribution in [1.29, 1.82) is 0 Å². The Balaban J connectivity index is 2.00. The highest BCUT2D eigenvalue weighted by Gasteiger charge is 2.48. The predicted molar refractivity (Wildman–Crippen MR) is 107 cm³/mol. The summed E-state index contributed by atoms with van der Waals surface area (Å²) >= 11 is 0. The first kappa shape index (κ1) is 23.2. The summed E-state index contributed by atoms with van der Waals surface area (Å²) in [6, 6.07) is 8.80. The Morgan fingerprint density at radius 2 is 1.81 bits per heavy atom. The van der Waals surface area contributed by atoms with Crippen LogP contribution in [0, 0.1) is 0 Å². The van der Waals surface area contributed by atoms with E-state index in [0.717, 1.165) is 12.3 Å². The van der Waals surface area contributed by atoms with Crippen LogP contribution in [-0.2, 0) is 10.1 Å². The number of alkyl halides is 3. The zero-order valence-electron chi connectivity index (χ0n) is 17.1. The molecule has 3 rings (SSSR count). The molecule has 0 fully saturated rings. The maximum absolute atomic E-state index is 12.6.